The number of carbonyl (C=O) groups is 2. The lowest BCUT2D eigenvalue weighted by molar-refractivity contribution is -0.144. The Bertz CT molecular complexity index is 479. The van der Waals surface area contributed by atoms with Crippen LogP contribution in [0.25, 0.3) is 0 Å². The molecule has 25 heavy (non-hydrogen) atoms. The number of hydrogen-bond donors (Lipinski definition) is 2. The molecule has 0 spiro atoms. The van der Waals surface area contributed by atoms with Gasteiger partial charge in [-0.1, -0.05) is 12.8 Å². The highest BCUT2D eigenvalue weighted by Gasteiger charge is 2.34. The Morgan fingerprint density at radius 1 is 1.20 bits per heavy atom. The topological polar surface area (TPSA) is 61.4 Å². The van der Waals surface area contributed by atoms with Crippen molar-refractivity contribution < 1.29 is 14.0 Å². The summed E-state index contributed by atoms with van der Waals surface area (Å²) in [7, 11) is 1.76. The van der Waals surface area contributed by atoms with E-state index in [1.54, 1.807) is 11.9 Å². The summed E-state index contributed by atoms with van der Waals surface area (Å²) in [5, 5.41) is 6.43. The fraction of sp³-hybridized carbons (Fsp3) is 0.895. The third-order valence-corrected chi connectivity index (χ3v) is 6.20. The number of likely N-dealkylation sites (tertiary alicyclic amines) is 1. The summed E-state index contributed by atoms with van der Waals surface area (Å²) in [6.07, 6.45) is 7.59. The molecule has 5 atom stereocenters. The number of rotatable bonds is 4. The smallest absolute Gasteiger partial charge is 0.234 e. The van der Waals surface area contributed by atoms with Crippen molar-refractivity contribution in [1.29, 1.82) is 0 Å². The van der Waals surface area contributed by atoms with Crippen molar-refractivity contribution >= 4 is 11.8 Å². The van der Waals surface area contributed by atoms with Crippen LogP contribution in [0.15, 0.2) is 0 Å². The van der Waals surface area contributed by atoms with Gasteiger partial charge in [0.25, 0.3) is 0 Å². The Morgan fingerprint density at radius 3 is 2.76 bits per heavy atom. The molecule has 3 aliphatic rings. The summed E-state index contributed by atoms with van der Waals surface area (Å²) < 4.78 is 13.5. The quantitative estimate of drug-likeness (QED) is 0.762. The minimum absolute atomic E-state index is 0.0379. The highest BCUT2D eigenvalue weighted by Crippen LogP contribution is 2.33. The summed E-state index contributed by atoms with van der Waals surface area (Å²) in [5.41, 5.74) is 0. The molecule has 2 aliphatic heterocycles. The van der Waals surface area contributed by atoms with Gasteiger partial charge in [0.15, 0.2) is 0 Å². The van der Waals surface area contributed by atoms with E-state index < -0.39 is 12.1 Å². The Kier molecular flexibility index (Phi) is 6.31. The lowest BCUT2D eigenvalue weighted by Crippen LogP contribution is -2.54. The fourth-order valence-corrected chi connectivity index (χ4v) is 4.70. The Morgan fingerprint density at radius 2 is 2.04 bits per heavy atom. The number of nitrogens with one attached hydrogen (secondary N) is 2. The second-order valence-corrected chi connectivity index (χ2v) is 8.23. The van der Waals surface area contributed by atoms with Crippen molar-refractivity contribution in [2.24, 2.45) is 17.8 Å². The molecule has 5 nitrogen and oxygen atoms in total. The standard InChI is InChI=1S/C19H32FN3O2/c1-23-9-3-6-16(19(23)25)18(24)22-17-8-7-14(12-21-17)10-13-4-2-5-15(20)11-13/h13-17,21H,2-12H2,1H3,(H,22,24). The van der Waals surface area contributed by atoms with E-state index in [9.17, 15) is 14.0 Å². The molecule has 3 rings (SSSR count). The van der Waals surface area contributed by atoms with Crippen LogP contribution in [-0.2, 0) is 9.59 Å². The van der Waals surface area contributed by atoms with Crippen LogP contribution in [0.5, 0.6) is 0 Å². The highest BCUT2D eigenvalue weighted by atomic mass is 19.1. The van der Waals surface area contributed by atoms with Crippen LogP contribution >= 0.6 is 0 Å². The van der Waals surface area contributed by atoms with Crippen molar-refractivity contribution in [3.63, 3.8) is 0 Å². The van der Waals surface area contributed by atoms with E-state index in [0.717, 1.165) is 64.5 Å². The molecular formula is C19H32FN3O2. The number of nitrogens with zero attached hydrogens (tertiary/aromatic N) is 1. The van der Waals surface area contributed by atoms with E-state index in [1.807, 2.05) is 0 Å². The molecule has 2 N–H and O–H groups in total. The summed E-state index contributed by atoms with van der Waals surface area (Å²) in [6, 6.07) is 0. The van der Waals surface area contributed by atoms with Gasteiger partial charge in [-0.05, 0) is 63.3 Å². The predicted molar refractivity (Wildman–Crippen MR) is 94.5 cm³/mol. The van der Waals surface area contributed by atoms with E-state index in [4.69, 9.17) is 0 Å². The summed E-state index contributed by atoms with van der Waals surface area (Å²) in [6.45, 7) is 1.61. The van der Waals surface area contributed by atoms with Gasteiger partial charge >= 0.3 is 0 Å². The Hall–Kier alpha value is -1.17. The minimum Gasteiger partial charge on any atom is -0.345 e. The van der Waals surface area contributed by atoms with Gasteiger partial charge in [-0.25, -0.2) is 4.39 Å². The van der Waals surface area contributed by atoms with Gasteiger partial charge in [0, 0.05) is 13.6 Å². The Balaban J connectivity index is 1.40. The monoisotopic (exact) mass is 353 g/mol. The van der Waals surface area contributed by atoms with E-state index in [0.29, 0.717) is 18.3 Å². The van der Waals surface area contributed by atoms with E-state index in [2.05, 4.69) is 10.6 Å². The molecule has 1 aliphatic carbocycles. The van der Waals surface area contributed by atoms with Crippen molar-refractivity contribution in [2.45, 2.75) is 70.1 Å². The van der Waals surface area contributed by atoms with Crippen LogP contribution in [0, 0.1) is 17.8 Å². The molecule has 0 radical (unpaired) electrons. The maximum Gasteiger partial charge on any atom is 0.234 e. The largest absolute Gasteiger partial charge is 0.345 e. The fourth-order valence-electron chi connectivity index (χ4n) is 4.70. The zero-order valence-electron chi connectivity index (χ0n) is 15.3. The molecule has 6 heteroatoms. The molecule has 2 amide bonds. The number of hydrogen-bond acceptors (Lipinski definition) is 3. The molecule has 0 aromatic rings. The number of carbonyl (C=O) groups excluding carboxylic acids is 2. The van der Waals surface area contributed by atoms with Crippen molar-refractivity contribution in [3.05, 3.63) is 0 Å². The van der Waals surface area contributed by atoms with Gasteiger partial charge in [0.05, 0.1) is 6.17 Å². The lowest BCUT2D eigenvalue weighted by Gasteiger charge is -2.35. The third kappa shape index (κ3) is 4.93. The third-order valence-electron chi connectivity index (χ3n) is 6.20. The normalized spacial score (nSPS) is 37.0. The van der Waals surface area contributed by atoms with E-state index in [1.165, 1.54) is 0 Å². The number of piperidine rings is 2. The maximum absolute atomic E-state index is 13.5. The lowest BCUT2D eigenvalue weighted by atomic mass is 9.80. The zero-order chi connectivity index (χ0) is 17.8. The van der Waals surface area contributed by atoms with Gasteiger partial charge in [-0.15, -0.1) is 0 Å². The first-order chi connectivity index (χ1) is 12.0. The first-order valence-corrected chi connectivity index (χ1v) is 9.95. The molecule has 3 fully saturated rings. The first kappa shape index (κ1) is 18.6. The van der Waals surface area contributed by atoms with Gasteiger partial charge in [-0.2, -0.15) is 0 Å². The van der Waals surface area contributed by atoms with Crippen molar-refractivity contribution in [1.82, 2.24) is 15.5 Å². The van der Waals surface area contributed by atoms with Crippen LogP contribution in [0.3, 0.4) is 0 Å². The second kappa shape index (κ2) is 8.47. The van der Waals surface area contributed by atoms with Crippen LogP contribution in [-0.4, -0.2) is 49.2 Å². The average Bonchev–Trinajstić information content (AvgIpc) is 2.59. The molecule has 5 unspecified atom stereocenters. The molecular weight excluding hydrogens is 321 g/mol. The summed E-state index contributed by atoms with van der Waals surface area (Å²) in [5.74, 6) is 0.376. The van der Waals surface area contributed by atoms with Crippen molar-refractivity contribution in [3.8, 4) is 0 Å². The molecule has 2 saturated heterocycles. The zero-order valence-corrected chi connectivity index (χ0v) is 15.3. The van der Waals surface area contributed by atoms with E-state index >= 15 is 0 Å². The van der Waals surface area contributed by atoms with E-state index in [-0.39, 0.29) is 18.0 Å². The first-order valence-electron chi connectivity index (χ1n) is 9.95. The van der Waals surface area contributed by atoms with Crippen LogP contribution in [0.1, 0.15) is 57.8 Å². The number of alkyl halides is 1. The van der Waals surface area contributed by atoms with Crippen LogP contribution in [0.2, 0.25) is 0 Å². The average molecular weight is 353 g/mol. The highest BCUT2D eigenvalue weighted by molar-refractivity contribution is 6.00. The molecule has 1 saturated carbocycles. The maximum atomic E-state index is 13.5. The predicted octanol–water partition coefficient (Wildman–Crippen LogP) is 2.22. The number of halogens is 1. The SMILES string of the molecule is CN1CCCC(C(=O)NC2CCC(CC3CCCC(F)C3)CN2)C1=O. The van der Waals surface area contributed by atoms with Gasteiger partial charge in [0.2, 0.25) is 11.8 Å². The van der Waals surface area contributed by atoms with Gasteiger partial charge in [-0.3, -0.25) is 14.9 Å². The summed E-state index contributed by atoms with van der Waals surface area (Å²) >= 11 is 0. The molecule has 0 aromatic carbocycles. The molecule has 0 bridgehead atoms. The van der Waals surface area contributed by atoms with Crippen LogP contribution < -0.4 is 10.6 Å². The summed E-state index contributed by atoms with van der Waals surface area (Å²) in [4.78, 5) is 26.2. The number of amides is 2. The van der Waals surface area contributed by atoms with Gasteiger partial charge < -0.3 is 10.2 Å². The molecule has 2 heterocycles. The van der Waals surface area contributed by atoms with Crippen molar-refractivity contribution in [2.75, 3.05) is 20.1 Å². The molecule has 142 valence electrons. The van der Waals surface area contributed by atoms with Crippen LogP contribution in [0.4, 0.5) is 4.39 Å². The Labute approximate surface area is 150 Å². The van der Waals surface area contributed by atoms with Gasteiger partial charge in [0.1, 0.15) is 12.1 Å². The molecule has 0 aromatic heterocycles. The minimum atomic E-state index is -0.603. The second-order valence-electron chi connectivity index (χ2n) is 8.23.